The second kappa shape index (κ2) is 6.43. The predicted molar refractivity (Wildman–Crippen MR) is 82.7 cm³/mol. The number of carbonyl (C=O) groups excluding carboxylic acids is 1. The van der Waals surface area contributed by atoms with Crippen molar-refractivity contribution in [3.63, 3.8) is 0 Å². The average molecular weight is 287 g/mol. The summed E-state index contributed by atoms with van der Waals surface area (Å²) in [6.07, 6.45) is 1.67. The maximum absolute atomic E-state index is 11.9. The van der Waals surface area contributed by atoms with Crippen LogP contribution in [0.5, 0.6) is 5.75 Å². The fourth-order valence-electron chi connectivity index (χ4n) is 1.96. The molecule has 1 aromatic carbocycles. The van der Waals surface area contributed by atoms with Crippen LogP contribution in [0, 0.1) is 13.8 Å². The molecule has 0 saturated carbocycles. The highest BCUT2D eigenvalue weighted by molar-refractivity contribution is 5.91. The third-order valence-corrected chi connectivity index (χ3v) is 3.28. The Morgan fingerprint density at radius 2 is 2.05 bits per heavy atom. The minimum atomic E-state index is -0.198. The molecule has 0 unspecified atom stereocenters. The van der Waals surface area contributed by atoms with Gasteiger partial charge in [0.25, 0.3) is 5.91 Å². The molecule has 1 heterocycles. The van der Waals surface area contributed by atoms with Crippen LogP contribution in [-0.2, 0) is 4.79 Å². The predicted octanol–water partition coefficient (Wildman–Crippen LogP) is 3.10. The number of nitrogens with one attached hydrogen (secondary N) is 1. The standard InChI is InChI=1S/C16H21N3O2/c1-11(2)19-15(7-8-17-19)18-16(20)10-21-14-6-5-12(3)13(4)9-14/h5-9,11H,10H2,1-4H3,(H,18,20). The number of benzene rings is 1. The maximum atomic E-state index is 11.9. The Morgan fingerprint density at radius 3 is 2.71 bits per heavy atom. The normalized spacial score (nSPS) is 10.7. The summed E-state index contributed by atoms with van der Waals surface area (Å²) < 4.78 is 7.27. The Balaban J connectivity index is 1.93. The molecular formula is C16H21N3O2. The van der Waals surface area contributed by atoms with E-state index in [2.05, 4.69) is 10.4 Å². The Kier molecular flexibility index (Phi) is 4.62. The number of hydrogen-bond donors (Lipinski definition) is 1. The molecule has 0 aliphatic heterocycles. The smallest absolute Gasteiger partial charge is 0.263 e. The van der Waals surface area contributed by atoms with Crippen LogP contribution < -0.4 is 10.1 Å². The summed E-state index contributed by atoms with van der Waals surface area (Å²) in [5.41, 5.74) is 2.35. The molecule has 5 nitrogen and oxygen atoms in total. The Labute approximate surface area is 124 Å². The van der Waals surface area contributed by atoms with Crippen LogP contribution in [-0.4, -0.2) is 22.3 Å². The molecule has 2 rings (SSSR count). The summed E-state index contributed by atoms with van der Waals surface area (Å²) in [6.45, 7) is 8.05. The summed E-state index contributed by atoms with van der Waals surface area (Å²) in [5.74, 6) is 1.18. The van der Waals surface area contributed by atoms with Crippen LogP contribution in [0.15, 0.2) is 30.5 Å². The quantitative estimate of drug-likeness (QED) is 0.919. The summed E-state index contributed by atoms with van der Waals surface area (Å²) >= 11 is 0. The van der Waals surface area contributed by atoms with Gasteiger partial charge in [-0.3, -0.25) is 4.79 Å². The van der Waals surface area contributed by atoms with Gasteiger partial charge in [-0.15, -0.1) is 0 Å². The van der Waals surface area contributed by atoms with E-state index in [1.165, 1.54) is 5.56 Å². The van der Waals surface area contributed by atoms with E-state index in [1.807, 2.05) is 45.9 Å². The van der Waals surface area contributed by atoms with E-state index in [0.717, 1.165) is 5.56 Å². The topological polar surface area (TPSA) is 56.1 Å². The van der Waals surface area contributed by atoms with Gasteiger partial charge >= 0.3 is 0 Å². The van der Waals surface area contributed by atoms with Gasteiger partial charge in [0.1, 0.15) is 11.6 Å². The van der Waals surface area contributed by atoms with E-state index >= 15 is 0 Å². The highest BCUT2D eigenvalue weighted by Gasteiger charge is 2.10. The highest BCUT2D eigenvalue weighted by atomic mass is 16.5. The van der Waals surface area contributed by atoms with E-state index in [1.54, 1.807) is 16.9 Å². The molecule has 112 valence electrons. The number of anilines is 1. The number of carbonyl (C=O) groups is 1. The molecule has 0 spiro atoms. The van der Waals surface area contributed by atoms with Gasteiger partial charge < -0.3 is 10.1 Å². The number of aryl methyl sites for hydroxylation is 2. The van der Waals surface area contributed by atoms with Crippen molar-refractivity contribution in [1.29, 1.82) is 0 Å². The van der Waals surface area contributed by atoms with Crippen LogP contribution >= 0.6 is 0 Å². The van der Waals surface area contributed by atoms with Crippen molar-refractivity contribution >= 4 is 11.7 Å². The van der Waals surface area contributed by atoms with Crippen molar-refractivity contribution in [3.8, 4) is 5.75 Å². The molecular weight excluding hydrogens is 266 g/mol. The molecule has 1 amide bonds. The summed E-state index contributed by atoms with van der Waals surface area (Å²) in [5, 5.41) is 6.97. The Hall–Kier alpha value is -2.30. The second-order valence-corrected chi connectivity index (χ2v) is 5.34. The van der Waals surface area contributed by atoms with Gasteiger partial charge in [0.15, 0.2) is 6.61 Å². The van der Waals surface area contributed by atoms with Gasteiger partial charge in [-0.25, -0.2) is 4.68 Å². The maximum Gasteiger partial charge on any atom is 0.263 e. The van der Waals surface area contributed by atoms with Gasteiger partial charge in [0.05, 0.1) is 6.20 Å². The lowest BCUT2D eigenvalue weighted by Crippen LogP contribution is -2.22. The first-order valence-corrected chi connectivity index (χ1v) is 7.01. The summed E-state index contributed by atoms with van der Waals surface area (Å²) in [6, 6.07) is 7.75. The molecule has 0 saturated heterocycles. The van der Waals surface area contributed by atoms with E-state index in [9.17, 15) is 4.79 Å². The van der Waals surface area contributed by atoms with E-state index in [0.29, 0.717) is 11.6 Å². The lowest BCUT2D eigenvalue weighted by Gasteiger charge is -2.12. The van der Waals surface area contributed by atoms with Crippen LogP contribution in [0.2, 0.25) is 0 Å². The molecule has 1 aromatic heterocycles. The highest BCUT2D eigenvalue weighted by Crippen LogP contribution is 2.17. The second-order valence-electron chi connectivity index (χ2n) is 5.34. The van der Waals surface area contributed by atoms with Gasteiger partial charge in [-0.1, -0.05) is 6.07 Å². The van der Waals surface area contributed by atoms with E-state index in [4.69, 9.17) is 4.74 Å². The largest absolute Gasteiger partial charge is 0.484 e. The van der Waals surface area contributed by atoms with Gasteiger partial charge in [0, 0.05) is 12.1 Å². The molecule has 0 aliphatic carbocycles. The number of nitrogens with zero attached hydrogens (tertiary/aromatic N) is 2. The van der Waals surface area contributed by atoms with Crippen molar-refractivity contribution < 1.29 is 9.53 Å². The molecule has 0 radical (unpaired) electrons. The van der Waals surface area contributed by atoms with Crippen LogP contribution in [0.25, 0.3) is 0 Å². The third kappa shape index (κ3) is 3.84. The number of hydrogen-bond acceptors (Lipinski definition) is 3. The zero-order chi connectivity index (χ0) is 15.4. The van der Waals surface area contributed by atoms with Crippen molar-refractivity contribution in [2.24, 2.45) is 0 Å². The third-order valence-electron chi connectivity index (χ3n) is 3.28. The monoisotopic (exact) mass is 287 g/mol. The molecule has 0 bridgehead atoms. The molecule has 21 heavy (non-hydrogen) atoms. The fourth-order valence-corrected chi connectivity index (χ4v) is 1.96. The number of rotatable bonds is 5. The SMILES string of the molecule is Cc1ccc(OCC(=O)Nc2ccnn2C(C)C)cc1C. The van der Waals surface area contributed by atoms with Crippen molar-refractivity contribution in [1.82, 2.24) is 9.78 Å². The lowest BCUT2D eigenvalue weighted by atomic mass is 10.1. The first-order valence-electron chi connectivity index (χ1n) is 7.01. The molecule has 1 N–H and O–H groups in total. The lowest BCUT2D eigenvalue weighted by molar-refractivity contribution is -0.118. The Bertz CT molecular complexity index is 632. The number of aromatic nitrogens is 2. The molecule has 2 aromatic rings. The van der Waals surface area contributed by atoms with Crippen LogP contribution in [0.4, 0.5) is 5.82 Å². The Morgan fingerprint density at radius 1 is 1.29 bits per heavy atom. The van der Waals surface area contributed by atoms with Crippen molar-refractivity contribution in [3.05, 3.63) is 41.6 Å². The van der Waals surface area contributed by atoms with Gasteiger partial charge in [0.2, 0.25) is 0 Å². The molecule has 0 aliphatic rings. The summed E-state index contributed by atoms with van der Waals surface area (Å²) in [7, 11) is 0. The average Bonchev–Trinajstić information content (AvgIpc) is 2.88. The number of ether oxygens (including phenoxy) is 1. The van der Waals surface area contributed by atoms with Crippen LogP contribution in [0.1, 0.15) is 31.0 Å². The minimum Gasteiger partial charge on any atom is -0.484 e. The summed E-state index contributed by atoms with van der Waals surface area (Å²) in [4.78, 5) is 11.9. The molecule has 0 fully saturated rings. The number of amides is 1. The van der Waals surface area contributed by atoms with Crippen molar-refractivity contribution in [2.45, 2.75) is 33.7 Å². The van der Waals surface area contributed by atoms with Gasteiger partial charge in [-0.05, 0) is 51.0 Å². The molecule has 5 heteroatoms. The van der Waals surface area contributed by atoms with E-state index in [-0.39, 0.29) is 18.6 Å². The minimum absolute atomic E-state index is 0.0220. The fraction of sp³-hybridized carbons (Fsp3) is 0.375. The zero-order valence-corrected chi connectivity index (χ0v) is 12.9. The van der Waals surface area contributed by atoms with Crippen molar-refractivity contribution in [2.75, 3.05) is 11.9 Å². The van der Waals surface area contributed by atoms with Crippen LogP contribution in [0.3, 0.4) is 0 Å². The van der Waals surface area contributed by atoms with Gasteiger partial charge in [-0.2, -0.15) is 5.10 Å². The molecule has 0 atom stereocenters. The first kappa shape index (κ1) is 15.1. The first-order chi connectivity index (χ1) is 9.97. The van der Waals surface area contributed by atoms with E-state index < -0.39 is 0 Å². The zero-order valence-electron chi connectivity index (χ0n) is 12.9.